The van der Waals surface area contributed by atoms with Crippen molar-refractivity contribution in [2.45, 2.75) is 158 Å². The monoisotopic (exact) mass is 1710 g/mol. The molecule has 3 unspecified atom stereocenters. The Morgan fingerprint density at radius 1 is 0.345 bits per heavy atom. The first kappa shape index (κ1) is 85.7. The third-order valence-electron chi connectivity index (χ3n) is 21.6. The highest BCUT2D eigenvalue weighted by Crippen LogP contribution is 2.44. The van der Waals surface area contributed by atoms with E-state index in [4.69, 9.17) is 33.2 Å². The number of benzene rings is 9. The SMILES string of the molecule is COc1ccc(C2CC(=O)N(c3cccc(NS(=O)(=O)c4ccc(S(C)(=O)=O)cc4)c3)C2)cc1OC1CCCC1.COc1ccc(C2CC(=O)N(c3cccc(NS(=O)(=O)c4cccc(OC(F)(F)F)c4)c3)C2)cc1OC1CCCC1.COc1cccc(S(=O)(=O)Nc2cccc(N3CC(c4ccc(OC)c(OC5CCCC5)c4)CC3=O)c2)c1. The average Bonchev–Trinajstić information content (AvgIpc) is 1.70. The highest BCUT2D eigenvalue weighted by Gasteiger charge is 2.38. The molecule has 630 valence electrons. The highest BCUT2D eigenvalue weighted by atomic mass is 32.2. The van der Waals surface area contributed by atoms with Gasteiger partial charge in [-0.05, 0) is 233 Å². The molecule has 3 amide bonds. The summed E-state index contributed by atoms with van der Waals surface area (Å²) in [5.74, 6) is 3.47. The summed E-state index contributed by atoms with van der Waals surface area (Å²) in [6, 6.07) is 52.6. The van der Waals surface area contributed by atoms with Crippen LogP contribution in [0.4, 0.5) is 47.3 Å². The molecule has 25 nitrogen and oxygen atoms in total. The number of rotatable bonds is 27. The molecule has 9 aromatic rings. The molecule has 3 aliphatic heterocycles. The number of amides is 3. The van der Waals surface area contributed by atoms with Crippen molar-refractivity contribution in [3.05, 3.63) is 217 Å². The lowest BCUT2D eigenvalue weighted by atomic mass is 9.98. The minimum atomic E-state index is -4.96. The van der Waals surface area contributed by atoms with Gasteiger partial charge in [-0.25, -0.2) is 33.7 Å². The minimum absolute atomic E-state index is 0.0168. The van der Waals surface area contributed by atoms with Crippen molar-refractivity contribution in [3.63, 3.8) is 0 Å². The van der Waals surface area contributed by atoms with E-state index in [1.54, 1.807) is 103 Å². The fourth-order valence-electron chi connectivity index (χ4n) is 15.5. The summed E-state index contributed by atoms with van der Waals surface area (Å²) in [7, 11) is -9.19. The second-order valence-corrected chi connectivity index (χ2v) is 37.0. The zero-order chi connectivity index (χ0) is 84.4. The second-order valence-electron chi connectivity index (χ2n) is 29.9. The Hall–Kier alpha value is -11.2. The van der Waals surface area contributed by atoms with Gasteiger partial charge in [-0.15, -0.1) is 13.2 Å². The van der Waals surface area contributed by atoms with E-state index in [9.17, 15) is 61.2 Å². The van der Waals surface area contributed by atoms with Crippen molar-refractivity contribution in [3.8, 4) is 46.0 Å². The van der Waals surface area contributed by atoms with Crippen molar-refractivity contribution < 1.29 is 99.1 Å². The molecule has 32 heteroatoms. The smallest absolute Gasteiger partial charge is 0.497 e. The minimum Gasteiger partial charge on any atom is -0.497 e. The van der Waals surface area contributed by atoms with Crippen LogP contribution in [-0.2, 0) is 54.3 Å². The van der Waals surface area contributed by atoms with Crippen LogP contribution in [0.25, 0.3) is 0 Å². The zero-order valence-corrected chi connectivity index (χ0v) is 69.4. The number of hydrogen-bond donors (Lipinski definition) is 3. The maximum absolute atomic E-state index is 13.1. The van der Waals surface area contributed by atoms with Gasteiger partial charge in [0.15, 0.2) is 44.3 Å². The number of sulfone groups is 1. The standard InChI is InChI=1S/C29H29F3N2O6S.C29H32N2O7S2.C29H32N2O6S/c1-38-26-13-12-19(14-27(26)39-23-8-2-3-9-23)20-15-28(35)34(18-20)22-7-4-6-21(16-22)33-41(36,37)25-11-5-10-24(17-25)40-29(30,31)32;1-37-27-15-10-20(16-28(27)38-24-8-3-4-9-24)21-17-29(32)31(19-21)23-7-5-6-22(18-23)30-40(35,36)26-13-11-25(12-14-26)39(2,33)34;1-35-25-11-6-12-26(18-25)38(33,34)30-22-7-5-8-23(17-22)31-19-21(16-29(31)32)20-13-14-27(36-2)28(15-20)37-24-9-3-4-10-24/h4-7,10-14,16-17,20,23,33H,2-3,8-9,15,18H2,1H3;5-7,10-16,18,21,24,30H,3-4,8-9,17,19H2,1-2H3;5-8,11-15,17-18,21,24,30H,3-4,9-10,16,19H2,1-2H3. The molecular weight excluding hydrogens is 1620 g/mol. The normalized spacial score (nSPS) is 18.1. The predicted molar refractivity (Wildman–Crippen MR) is 444 cm³/mol. The molecule has 0 radical (unpaired) electrons. The molecule has 3 saturated carbocycles. The van der Waals surface area contributed by atoms with Crippen molar-refractivity contribution >= 4 is 91.8 Å². The Bertz CT molecular complexity index is 5650. The van der Waals surface area contributed by atoms with Gasteiger partial charge in [0.2, 0.25) is 17.7 Å². The molecule has 15 rings (SSSR count). The topological polar surface area (TPSA) is 307 Å². The molecule has 6 aliphatic rings. The number of alkyl halides is 3. The van der Waals surface area contributed by atoms with Gasteiger partial charge in [0.25, 0.3) is 30.1 Å². The van der Waals surface area contributed by atoms with Crippen LogP contribution in [0.15, 0.2) is 220 Å². The molecule has 3 atom stereocenters. The summed E-state index contributed by atoms with van der Waals surface area (Å²) < 4.78 is 190. The van der Waals surface area contributed by atoms with Gasteiger partial charge in [0, 0.05) is 92.1 Å². The first-order valence-corrected chi connectivity index (χ1v) is 45.4. The first-order chi connectivity index (χ1) is 56.9. The number of ether oxygens (including phenoxy) is 8. The average molecular weight is 1710 g/mol. The Balaban J connectivity index is 0.000000155. The fraction of sp³-hybridized carbons (Fsp3) is 0.345. The number of carbonyl (C=O) groups is 3. The molecule has 6 fully saturated rings. The van der Waals surface area contributed by atoms with E-state index < -0.39 is 56.9 Å². The maximum atomic E-state index is 13.1. The van der Waals surface area contributed by atoms with Gasteiger partial charge >= 0.3 is 6.36 Å². The van der Waals surface area contributed by atoms with Crippen LogP contribution in [0.1, 0.15) is 131 Å². The Kier molecular flexibility index (Phi) is 26.6. The quantitative estimate of drug-likeness (QED) is 0.0431. The predicted octanol–water partition coefficient (Wildman–Crippen LogP) is 16.3. The van der Waals surface area contributed by atoms with E-state index >= 15 is 0 Å². The van der Waals surface area contributed by atoms with Gasteiger partial charge in [0.05, 0.1) is 83.4 Å². The lowest BCUT2D eigenvalue weighted by Gasteiger charge is -2.20. The van der Waals surface area contributed by atoms with Crippen LogP contribution in [0.5, 0.6) is 46.0 Å². The van der Waals surface area contributed by atoms with E-state index in [-0.39, 0.29) is 86.3 Å². The Labute approximate surface area is 691 Å². The van der Waals surface area contributed by atoms with Crippen molar-refractivity contribution in [1.29, 1.82) is 0 Å². The van der Waals surface area contributed by atoms with Gasteiger partial charge in [-0.2, -0.15) is 0 Å². The van der Waals surface area contributed by atoms with Gasteiger partial charge < -0.3 is 52.6 Å². The summed E-state index contributed by atoms with van der Waals surface area (Å²) >= 11 is 0. The van der Waals surface area contributed by atoms with Gasteiger partial charge in [-0.1, -0.05) is 48.5 Å². The third-order valence-corrected chi connectivity index (χ3v) is 26.9. The molecule has 9 aromatic carbocycles. The van der Waals surface area contributed by atoms with Gasteiger partial charge in [0.1, 0.15) is 11.5 Å². The molecule has 3 aliphatic carbocycles. The van der Waals surface area contributed by atoms with Crippen LogP contribution in [0.3, 0.4) is 0 Å². The summed E-state index contributed by atoms with van der Waals surface area (Å²) in [5.41, 5.74) is 5.46. The van der Waals surface area contributed by atoms with Crippen LogP contribution in [0, 0.1) is 0 Å². The number of carbonyl (C=O) groups excluding carboxylic acids is 3. The lowest BCUT2D eigenvalue weighted by Crippen LogP contribution is -2.24. The fourth-order valence-corrected chi connectivity index (χ4v) is 19.4. The molecule has 0 spiro atoms. The molecule has 119 heavy (non-hydrogen) atoms. The highest BCUT2D eigenvalue weighted by molar-refractivity contribution is 7.93. The molecule has 0 aromatic heterocycles. The third kappa shape index (κ3) is 21.6. The molecule has 3 N–H and O–H groups in total. The van der Waals surface area contributed by atoms with E-state index in [1.165, 1.54) is 68.5 Å². The number of nitrogens with one attached hydrogen (secondary N) is 3. The van der Waals surface area contributed by atoms with Crippen molar-refractivity contribution in [2.24, 2.45) is 0 Å². The zero-order valence-electron chi connectivity index (χ0n) is 66.1. The van der Waals surface area contributed by atoms with Crippen LogP contribution < -0.4 is 66.8 Å². The van der Waals surface area contributed by atoms with Crippen molar-refractivity contribution in [2.75, 3.05) is 83.2 Å². The summed E-state index contributed by atoms with van der Waals surface area (Å²) in [5, 5.41) is 0. The Morgan fingerprint density at radius 3 is 0.975 bits per heavy atom. The lowest BCUT2D eigenvalue weighted by molar-refractivity contribution is -0.274. The number of anilines is 6. The van der Waals surface area contributed by atoms with Crippen LogP contribution >= 0.6 is 0 Å². The maximum Gasteiger partial charge on any atom is 0.573 e. The van der Waals surface area contributed by atoms with E-state index in [2.05, 4.69) is 18.9 Å². The number of sulfonamides is 3. The molecular formula is C87H93F3N6O19S4. The number of halogens is 3. The number of nitrogens with zero attached hydrogens (tertiary/aromatic N) is 3. The summed E-state index contributed by atoms with van der Waals surface area (Å²) in [4.78, 5) is 43.7. The molecule has 0 bridgehead atoms. The summed E-state index contributed by atoms with van der Waals surface area (Å²) in [6.45, 7) is 1.30. The van der Waals surface area contributed by atoms with E-state index in [0.717, 1.165) is 117 Å². The van der Waals surface area contributed by atoms with E-state index in [1.807, 2.05) is 60.7 Å². The van der Waals surface area contributed by atoms with Gasteiger partial charge in [-0.3, -0.25) is 28.5 Å². The van der Waals surface area contributed by atoms with Crippen LogP contribution in [0.2, 0.25) is 0 Å². The number of methoxy groups -OCH3 is 4. The van der Waals surface area contributed by atoms with Crippen molar-refractivity contribution in [1.82, 2.24) is 0 Å². The molecule has 3 heterocycles. The summed E-state index contributed by atoms with van der Waals surface area (Å²) in [6.07, 6.45) is 10.6. The number of hydrogen-bond acceptors (Lipinski definition) is 19. The second kappa shape index (κ2) is 37.0. The molecule has 3 saturated heterocycles. The first-order valence-electron chi connectivity index (χ1n) is 39.0. The largest absolute Gasteiger partial charge is 0.573 e. The Morgan fingerprint density at radius 2 is 0.655 bits per heavy atom. The van der Waals surface area contributed by atoms with Crippen LogP contribution in [-0.4, -0.2) is 130 Å². The van der Waals surface area contributed by atoms with E-state index in [0.29, 0.717) is 89.7 Å².